The predicted octanol–water partition coefficient (Wildman–Crippen LogP) is 4.46. The maximum atomic E-state index is 6.00. The van der Waals surface area contributed by atoms with Gasteiger partial charge in [-0.05, 0) is 62.8 Å². The Balaban J connectivity index is 1.92. The first kappa shape index (κ1) is 14.4. The van der Waals surface area contributed by atoms with Gasteiger partial charge in [-0.3, -0.25) is 0 Å². The second-order valence-electron chi connectivity index (χ2n) is 5.51. The van der Waals surface area contributed by atoms with E-state index in [2.05, 4.69) is 43.4 Å². The van der Waals surface area contributed by atoms with Crippen molar-refractivity contribution in [2.45, 2.75) is 64.5 Å². The quantitative estimate of drug-likeness (QED) is 0.782. The second-order valence-corrected chi connectivity index (χ2v) is 5.51. The van der Waals surface area contributed by atoms with Crippen LogP contribution in [0.25, 0.3) is 0 Å². The highest BCUT2D eigenvalue weighted by molar-refractivity contribution is 5.29. The lowest BCUT2D eigenvalue weighted by molar-refractivity contribution is 0.210. The second kappa shape index (κ2) is 7.54. The van der Waals surface area contributed by atoms with Crippen molar-refractivity contribution in [1.29, 1.82) is 0 Å². The summed E-state index contributed by atoms with van der Waals surface area (Å²) in [7, 11) is 0. The third-order valence-corrected chi connectivity index (χ3v) is 3.94. The van der Waals surface area contributed by atoms with Gasteiger partial charge in [-0.1, -0.05) is 26.0 Å². The molecule has 2 rings (SSSR count). The summed E-state index contributed by atoms with van der Waals surface area (Å²) in [6, 6.07) is 9.15. The fraction of sp³-hybridized carbons (Fsp3) is 0.647. The Morgan fingerprint density at radius 2 is 1.84 bits per heavy atom. The lowest BCUT2D eigenvalue weighted by Gasteiger charge is -2.18. The molecule has 1 aromatic carbocycles. The number of nitrogens with one attached hydrogen (secondary N) is 1. The fourth-order valence-electron chi connectivity index (χ4n) is 2.79. The summed E-state index contributed by atoms with van der Waals surface area (Å²) in [5.41, 5.74) is 1.37. The van der Waals surface area contributed by atoms with E-state index in [0.29, 0.717) is 12.1 Å². The zero-order chi connectivity index (χ0) is 13.5. The molecule has 0 aliphatic heterocycles. The van der Waals surface area contributed by atoms with Gasteiger partial charge in [-0.25, -0.2) is 0 Å². The normalized spacial score (nSPS) is 17.6. The van der Waals surface area contributed by atoms with Crippen molar-refractivity contribution in [2.75, 3.05) is 6.54 Å². The molecule has 0 saturated heterocycles. The molecule has 0 spiro atoms. The number of hydrogen-bond acceptors (Lipinski definition) is 2. The average molecular weight is 261 g/mol. The molecule has 1 aliphatic rings. The van der Waals surface area contributed by atoms with Crippen molar-refractivity contribution in [3.63, 3.8) is 0 Å². The molecular formula is C17H27NO. The van der Waals surface area contributed by atoms with Gasteiger partial charge in [0.05, 0.1) is 6.10 Å². The minimum Gasteiger partial charge on any atom is -0.490 e. The van der Waals surface area contributed by atoms with Crippen LogP contribution in [0.1, 0.15) is 64.0 Å². The zero-order valence-corrected chi connectivity index (χ0v) is 12.3. The van der Waals surface area contributed by atoms with Gasteiger partial charge in [-0.2, -0.15) is 0 Å². The maximum Gasteiger partial charge on any atom is 0.119 e. The molecule has 1 saturated carbocycles. The van der Waals surface area contributed by atoms with Crippen LogP contribution < -0.4 is 10.1 Å². The molecule has 106 valence electrons. The van der Waals surface area contributed by atoms with Crippen molar-refractivity contribution < 1.29 is 4.74 Å². The first-order valence-corrected chi connectivity index (χ1v) is 7.83. The molecule has 1 atom stereocenters. The molecule has 0 radical (unpaired) electrons. The molecule has 1 aliphatic carbocycles. The molecule has 0 aromatic heterocycles. The van der Waals surface area contributed by atoms with Crippen LogP contribution in [0.5, 0.6) is 5.75 Å². The number of hydrogen-bond donors (Lipinski definition) is 1. The lowest BCUT2D eigenvalue weighted by Crippen LogP contribution is -2.21. The molecule has 0 bridgehead atoms. The van der Waals surface area contributed by atoms with Crippen LogP contribution in [0.15, 0.2) is 24.3 Å². The summed E-state index contributed by atoms with van der Waals surface area (Å²) in [5.74, 6) is 1.03. The summed E-state index contributed by atoms with van der Waals surface area (Å²) < 4.78 is 6.00. The highest BCUT2D eigenvalue weighted by atomic mass is 16.5. The number of rotatable bonds is 7. The summed E-state index contributed by atoms with van der Waals surface area (Å²) in [4.78, 5) is 0. The predicted molar refractivity (Wildman–Crippen MR) is 80.7 cm³/mol. The minimum atomic E-state index is 0.450. The van der Waals surface area contributed by atoms with Gasteiger partial charge in [0.15, 0.2) is 0 Å². The summed E-state index contributed by atoms with van der Waals surface area (Å²) >= 11 is 0. The van der Waals surface area contributed by atoms with E-state index < -0.39 is 0 Å². The molecule has 1 fully saturated rings. The Hall–Kier alpha value is -1.02. The molecule has 19 heavy (non-hydrogen) atoms. The van der Waals surface area contributed by atoms with Crippen molar-refractivity contribution in [2.24, 2.45) is 0 Å². The van der Waals surface area contributed by atoms with Gasteiger partial charge in [0.25, 0.3) is 0 Å². The van der Waals surface area contributed by atoms with E-state index in [4.69, 9.17) is 4.74 Å². The average Bonchev–Trinajstić information content (AvgIpc) is 2.94. The van der Waals surface area contributed by atoms with Crippen LogP contribution in [0.3, 0.4) is 0 Å². The molecule has 2 heteroatoms. The van der Waals surface area contributed by atoms with Crippen LogP contribution >= 0.6 is 0 Å². The van der Waals surface area contributed by atoms with Gasteiger partial charge in [-0.15, -0.1) is 0 Å². The van der Waals surface area contributed by atoms with E-state index in [0.717, 1.165) is 18.7 Å². The molecular weight excluding hydrogens is 234 g/mol. The Morgan fingerprint density at radius 3 is 2.42 bits per heavy atom. The topological polar surface area (TPSA) is 21.3 Å². The fourth-order valence-corrected chi connectivity index (χ4v) is 2.79. The largest absolute Gasteiger partial charge is 0.490 e. The van der Waals surface area contributed by atoms with Crippen LogP contribution in [-0.4, -0.2) is 12.6 Å². The van der Waals surface area contributed by atoms with E-state index in [1.165, 1.54) is 37.7 Å². The van der Waals surface area contributed by atoms with Gasteiger partial charge >= 0.3 is 0 Å². The minimum absolute atomic E-state index is 0.450. The molecule has 0 heterocycles. The first-order chi connectivity index (χ1) is 9.33. The van der Waals surface area contributed by atoms with Crippen LogP contribution in [0.2, 0.25) is 0 Å². The highest BCUT2D eigenvalue weighted by Gasteiger charge is 2.16. The van der Waals surface area contributed by atoms with Crippen LogP contribution in [0.4, 0.5) is 0 Å². The number of benzene rings is 1. The van der Waals surface area contributed by atoms with Crippen LogP contribution in [-0.2, 0) is 0 Å². The molecule has 1 unspecified atom stereocenters. The molecule has 0 amide bonds. The third kappa shape index (κ3) is 4.24. The first-order valence-electron chi connectivity index (χ1n) is 7.83. The molecule has 2 nitrogen and oxygen atoms in total. The van der Waals surface area contributed by atoms with E-state index in [-0.39, 0.29) is 0 Å². The molecule has 1 aromatic rings. The van der Waals surface area contributed by atoms with Gasteiger partial charge < -0.3 is 10.1 Å². The van der Waals surface area contributed by atoms with Gasteiger partial charge in [0.2, 0.25) is 0 Å². The van der Waals surface area contributed by atoms with E-state index in [9.17, 15) is 0 Å². The van der Waals surface area contributed by atoms with Gasteiger partial charge in [0.1, 0.15) is 5.75 Å². The summed E-state index contributed by atoms with van der Waals surface area (Å²) in [5, 5.41) is 3.59. The third-order valence-electron chi connectivity index (χ3n) is 3.94. The smallest absolute Gasteiger partial charge is 0.119 e. The Labute approximate surface area is 117 Å². The van der Waals surface area contributed by atoms with Crippen molar-refractivity contribution in [1.82, 2.24) is 5.32 Å². The Bertz CT molecular complexity index is 354. The van der Waals surface area contributed by atoms with Crippen molar-refractivity contribution >= 4 is 0 Å². The molecule has 1 N–H and O–H groups in total. The number of ether oxygens (including phenoxy) is 1. The Morgan fingerprint density at radius 1 is 1.16 bits per heavy atom. The van der Waals surface area contributed by atoms with Crippen molar-refractivity contribution in [3.05, 3.63) is 29.8 Å². The van der Waals surface area contributed by atoms with Gasteiger partial charge in [0, 0.05) is 6.04 Å². The summed E-state index contributed by atoms with van der Waals surface area (Å²) in [6.07, 6.45) is 7.84. The van der Waals surface area contributed by atoms with Crippen molar-refractivity contribution in [3.8, 4) is 5.75 Å². The van der Waals surface area contributed by atoms with Crippen LogP contribution in [0, 0.1) is 0 Å². The zero-order valence-electron chi connectivity index (χ0n) is 12.3. The van der Waals surface area contributed by atoms with E-state index in [1.54, 1.807) is 0 Å². The maximum absolute atomic E-state index is 6.00. The lowest BCUT2D eigenvalue weighted by atomic mass is 10.0. The highest BCUT2D eigenvalue weighted by Crippen LogP contribution is 2.25. The van der Waals surface area contributed by atoms with E-state index in [1.807, 2.05) is 0 Å². The Kier molecular flexibility index (Phi) is 5.71. The van der Waals surface area contributed by atoms with E-state index >= 15 is 0 Å². The standard InChI is InChI=1S/C17H27NO/c1-3-13-18-17(4-2)14-9-11-16(12-10-14)19-15-7-5-6-8-15/h9-12,15,17-18H,3-8,13H2,1-2H3. The summed E-state index contributed by atoms with van der Waals surface area (Å²) in [6.45, 7) is 5.52. The SMILES string of the molecule is CCCNC(CC)c1ccc(OC2CCCC2)cc1. The monoisotopic (exact) mass is 261 g/mol.